The number of aliphatic hydroxyl groups is 1. The van der Waals surface area contributed by atoms with E-state index in [4.69, 9.17) is 22.1 Å². The fourth-order valence-electron chi connectivity index (χ4n) is 1.25. The largest absolute Gasteiger partial charge is 0.497 e. The third-order valence-corrected chi connectivity index (χ3v) is 2.59. The van der Waals surface area contributed by atoms with Crippen molar-refractivity contribution in [1.82, 2.24) is 0 Å². The lowest BCUT2D eigenvalue weighted by Gasteiger charge is -2.13. The maximum atomic E-state index is 9.59. The monoisotopic (exact) mass is 215 g/mol. The normalized spacial score (nSPS) is 12.6. The summed E-state index contributed by atoms with van der Waals surface area (Å²) < 4.78 is 5.07. The second-order valence-corrected chi connectivity index (χ2v) is 3.48. The first-order chi connectivity index (χ1) is 6.60. The summed E-state index contributed by atoms with van der Waals surface area (Å²) in [6.07, 6.45) is -0.740. The Hall–Kier alpha value is -0.770. The number of hydrogen-bond acceptors (Lipinski definition) is 3. The van der Waals surface area contributed by atoms with Gasteiger partial charge in [0.25, 0.3) is 0 Å². The Balaban J connectivity index is 3.20. The molecule has 78 valence electrons. The van der Waals surface area contributed by atoms with Crippen LogP contribution in [0.15, 0.2) is 12.1 Å². The lowest BCUT2D eigenvalue weighted by atomic mass is 10.1. The predicted octanol–water partition coefficient (Wildman–Crippen LogP) is 1.65. The highest BCUT2D eigenvalue weighted by Crippen LogP contribution is 2.30. The van der Waals surface area contributed by atoms with E-state index in [0.29, 0.717) is 16.3 Å². The highest BCUT2D eigenvalue weighted by molar-refractivity contribution is 6.32. The van der Waals surface area contributed by atoms with Gasteiger partial charge in [0.05, 0.1) is 13.2 Å². The molecule has 3 N–H and O–H groups in total. The molecule has 0 aliphatic carbocycles. The molecule has 0 spiro atoms. The molecule has 0 aromatic heterocycles. The number of hydrogen-bond donors (Lipinski definition) is 2. The number of ether oxygens (including phenoxy) is 1. The highest BCUT2D eigenvalue weighted by atomic mass is 35.5. The van der Waals surface area contributed by atoms with Crippen LogP contribution < -0.4 is 10.5 Å². The Bertz CT molecular complexity index is 328. The minimum Gasteiger partial charge on any atom is -0.497 e. The van der Waals surface area contributed by atoms with Gasteiger partial charge in [0.15, 0.2) is 0 Å². The van der Waals surface area contributed by atoms with E-state index < -0.39 is 6.10 Å². The summed E-state index contributed by atoms with van der Waals surface area (Å²) in [7, 11) is 1.57. The maximum absolute atomic E-state index is 9.59. The van der Waals surface area contributed by atoms with Crippen LogP contribution in [-0.2, 0) is 0 Å². The van der Waals surface area contributed by atoms with Crippen molar-refractivity contribution >= 4 is 11.6 Å². The Morgan fingerprint density at radius 3 is 2.71 bits per heavy atom. The van der Waals surface area contributed by atoms with E-state index in [-0.39, 0.29) is 6.54 Å². The molecule has 3 nitrogen and oxygen atoms in total. The van der Waals surface area contributed by atoms with Crippen molar-refractivity contribution in [2.45, 2.75) is 13.0 Å². The number of aliphatic hydroxyl groups excluding tert-OH is 1. The molecule has 0 aliphatic heterocycles. The molecule has 0 aliphatic rings. The zero-order valence-corrected chi connectivity index (χ0v) is 9.01. The molecular weight excluding hydrogens is 202 g/mol. The Kier molecular flexibility index (Phi) is 3.75. The van der Waals surface area contributed by atoms with Crippen LogP contribution in [0.3, 0.4) is 0 Å². The van der Waals surface area contributed by atoms with Crippen LogP contribution in [-0.4, -0.2) is 18.8 Å². The Morgan fingerprint density at radius 1 is 1.57 bits per heavy atom. The van der Waals surface area contributed by atoms with E-state index in [1.54, 1.807) is 13.2 Å². The minimum absolute atomic E-state index is 0.145. The molecule has 0 saturated carbocycles. The zero-order chi connectivity index (χ0) is 10.7. The quantitative estimate of drug-likeness (QED) is 0.806. The fourth-order valence-corrected chi connectivity index (χ4v) is 1.49. The maximum Gasteiger partial charge on any atom is 0.119 e. The molecule has 0 amide bonds. The molecule has 0 heterocycles. The van der Waals surface area contributed by atoms with Crippen molar-refractivity contribution < 1.29 is 9.84 Å². The summed E-state index contributed by atoms with van der Waals surface area (Å²) in [5, 5.41) is 10.1. The van der Waals surface area contributed by atoms with Crippen molar-refractivity contribution in [2.24, 2.45) is 5.73 Å². The number of halogens is 1. The van der Waals surface area contributed by atoms with Crippen LogP contribution in [0.4, 0.5) is 0 Å². The molecule has 4 heteroatoms. The van der Waals surface area contributed by atoms with Crippen molar-refractivity contribution in [3.8, 4) is 5.75 Å². The second kappa shape index (κ2) is 4.64. The topological polar surface area (TPSA) is 55.5 Å². The van der Waals surface area contributed by atoms with Gasteiger partial charge >= 0.3 is 0 Å². The number of benzene rings is 1. The van der Waals surface area contributed by atoms with E-state index in [1.165, 1.54) is 0 Å². The van der Waals surface area contributed by atoms with Gasteiger partial charge in [-0.3, -0.25) is 0 Å². The number of aryl methyl sites for hydroxylation is 1. The highest BCUT2D eigenvalue weighted by Gasteiger charge is 2.13. The first-order valence-electron chi connectivity index (χ1n) is 4.32. The molecule has 1 aromatic rings. The van der Waals surface area contributed by atoms with Gasteiger partial charge in [0.1, 0.15) is 5.75 Å². The third-order valence-electron chi connectivity index (χ3n) is 2.07. The van der Waals surface area contributed by atoms with Crippen LogP contribution in [0.2, 0.25) is 5.02 Å². The standard InChI is InChI=1S/C10H14ClNO2/c1-6-3-7(14-2)4-8(10(6)11)9(13)5-12/h3-4,9,13H,5,12H2,1-2H3. The predicted molar refractivity (Wildman–Crippen MR) is 56.8 cm³/mol. The number of rotatable bonds is 3. The summed E-state index contributed by atoms with van der Waals surface area (Å²) in [5.74, 6) is 0.675. The summed E-state index contributed by atoms with van der Waals surface area (Å²) in [5.41, 5.74) is 6.85. The molecule has 1 aromatic carbocycles. The summed E-state index contributed by atoms with van der Waals surface area (Å²) in [4.78, 5) is 0. The van der Waals surface area contributed by atoms with Crippen molar-refractivity contribution in [2.75, 3.05) is 13.7 Å². The van der Waals surface area contributed by atoms with Gasteiger partial charge < -0.3 is 15.6 Å². The van der Waals surface area contributed by atoms with Crippen LogP contribution in [0, 0.1) is 6.92 Å². The van der Waals surface area contributed by atoms with Crippen LogP contribution in [0.5, 0.6) is 5.75 Å². The van der Waals surface area contributed by atoms with E-state index in [1.807, 2.05) is 13.0 Å². The van der Waals surface area contributed by atoms with Crippen LogP contribution >= 0.6 is 11.6 Å². The Labute approximate surface area is 88.4 Å². The van der Waals surface area contributed by atoms with Crippen molar-refractivity contribution in [3.05, 3.63) is 28.3 Å². The van der Waals surface area contributed by atoms with Gasteiger partial charge in [-0.25, -0.2) is 0 Å². The van der Waals surface area contributed by atoms with E-state index >= 15 is 0 Å². The lowest BCUT2D eigenvalue weighted by molar-refractivity contribution is 0.186. The SMILES string of the molecule is COc1cc(C)c(Cl)c(C(O)CN)c1. The van der Waals surface area contributed by atoms with Crippen molar-refractivity contribution in [1.29, 1.82) is 0 Å². The first kappa shape index (κ1) is 11.3. The molecule has 1 unspecified atom stereocenters. The average Bonchev–Trinajstić information content (AvgIpc) is 2.20. The summed E-state index contributed by atoms with van der Waals surface area (Å²) in [6.45, 7) is 2.00. The van der Waals surface area contributed by atoms with E-state index in [9.17, 15) is 5.11 Å². The lowest BCUT2D eigenvalue weighted by Crippen LogP contribution is -2.12. The molecule has 14 heavy (non-hydrogen) atoms. The summed E-state index contributed by atoms with van der Waals surface area (Å²) >= 11 is 6.02. The Morgan fingerprint density at radius 2 is 2.21 bits per heavy atom. The zero-order valence-electron chi connectivity index (χ0n) is 8.25. The van der Waals surface area contributed by atoms with Gasteiger partial charge in [0.2, 0.25) is 0 Å². The molecule has 1 rings (SSSR count). The second-order valence-electron chi connectivity index (χ2n) is 3.10. The average molecular weight is 216 g/mol. The van der Waals surface area contributed by atoms with Gasteiger partial charge in [-0.1, -0.05) is 11.6 Å². The molecule has 0 saturated heterocycles. The van der Waals surface area contributed by atoms with Crippen LogP contribution in [0.25, 0.3) is 0 Å². The first-order valence-corrected chi connectivity index (χ1v) is 4.70. The molecule has 0 fully saturated rings. The van der Waals surface area contributed by atoms with E-state index in [0.717, 1.165) is 5.56 Å². The minimum atomic E-state index is -0.740. The van der Waals surface area contributed by atoms with Crippen LogP contribution in [0.1, 0.15) is 17.2 Å². The number of methoxy groups -OCH3 is 1. The smallest absolute Gasteiger partial charge is 0.119 e. The van der Waals surface area contributed by atoms with Gasteiger partial charge in [-0.05, 0) is 24.6 Å². The molecule has 1 atom stereocenters. The van der Waals surface area contributed by atoms with Gasteiger partial charge in [-0.15, -0.1) is 0 Å². The fraction of sp³-hybridized carbons (Fsp3) is 0.400. The number of nitrogens with two attached hydrogens (primary N) is 1. The van der Waals surface area contributed by atoms with Crippen molar-refractivity contribution in [3.63, 3.8) is 0 Å². The molecule has 0 bridgehead atoms. The third kappa shape index (κ3) is 2.18. The van der Waals surface area contributed by atoms with Gasteiger partial charge in [0, 0.05) is 17.1 Å². The molecular formula is C10H14ClNO2. The molecule has 0 radical (unpaired) electrons. The van der Waals surface area contributed by atoms with E-state index in [2.05, 4.69) is 0 Å². The van der Waals surface area contributed by atoms with Gasteiger partial charge in [-0.2, -0.15) is 0 Å². The summed E-state index contributed by atoms with van der Waals surface area (Å²) in [6, 6.07) is 3.52.